The van der Waals surface area contributed by atoms with Crippen LogP contribution >= 0.6 is 11.8 Å². The third kappa shape index (κ3) is 4.98. The van der Waals surface area contributed by atoms with E-state index in [1.807, 2.05) is 6.07 Å². The van der Waals surface area contributed by atoms with Crippen LogP contribution in [-0.2, 0) is 0 Å². The van der Waals surface area contributed by atoms with Gasteiger partial charge in [-0.05, 0) is 24.3 Å². The zero-order valence-corrected chi connectivity index (χ0v) is 15.3. The van der Waals surface area contributed by atoms with Crippen molar-refractivity contribution in [2.75, 3.05) is 11.1 Å². The van der Waals surface area contributed by atoms with Gasteiger partial charge in [0.25, 0.3) is 11.6 Å². The van der Waals surface area contributed by atoms with Crippen LogP contribution in [0.15, 0.2) is 71.8 Å². The average molecular weight is 394 g/mol. The molecule has 3 aromatic rings. The van der Waals surface area contributed by atoms with Crippen molar-refractivity contribution in [2.24, 2.45) is 0 Å². The number of benzene rings is 2. The summed E-state index contributed by atoms with van der Waals surface area (Å²) >= 11 is 1.16. The van der Waals surface area contributed by atoms with Crippen molar-refractivity contribution in [3.63, 3.8) is 0 Å². The number of Topliss-reactive ketones (excluding diaryl/α,β-unsaturated/α-hetero) is 1. The molecule has 0 radical (unpaired) electrons. The van der Waals surface area contributed by atoms with Crippen LogP contribution in [0, 0.1) is 10.1 Å². The Kier molecular flexibility index (Phi) is 6.07. The minimum Gasteiger partial charge on any atom is -0.305 e. The van der Waals surface area contributed by atoms with Gasteiger partial charge in [-0.15, -0.1) is 10.2 Å². The number of thioether (sulfide) groups is 1. The van der Waals surface area contributed by atoms with Crippen LogP contribution in [0.25, 0.3) is 0 Å². The maximum absolute atomic E-state index is 12.2. The van der Waals surface area contributed by atoms with E-state index in [1.54, 1.807) is 36.4 Å². The van der Waals surface area contributed by atoms with Crippen molar-refractivity contribution in [1.82, 2.24) is 10.2 Å². The van der Waals surface area contributed by atoms with E-state index in [1.165, 1.54) is 24.3 Å². The van der Waals surface area contributed by atoms with E-state index in [9.17, 15) is 19.7 Å². The van der Waals surface area contributed by atoms with E-state index in [4.69, 9.17) is 0 Å². The minimum atomic E-state index is -0.544. The molecule has 9 heteroatoms. The Hall–Kier alpha value is -3.59. The highest BCUT2D eigenvalue weighted by atomic mass is 32.2. The van der Waals surface area contributed by atoms with Crippen molar-refractivity contribution < 1.29 is 14.5 Å². The number of ketones is 1. The fourth-order valence-electron chi connectivity index (χ4n) is 2.26. The summed E-state index contributed by atoms with van der Waals surface area (Å²) in [4.78, 5) is 34.5. The van der Waals surface area contributed by atoms with Gasteiger partial charge < -0.3 is 5.32 Å². The van der Waals surface area contributed by atoms with Gasteiger partial charge in [0.2, 0.25) is 0 Å². The number of nitrogens with zero attached hydrogens (tertiary/aromatic N) is 3. The second kappa shape index (κ2) is 8.87. The number of nitro groups is 1. The van der Waals surface area contributed by atoms with E-state index in [2.05, 4.69) is 15.5 Å². The van der Waals surface area contributed by atoms with Gasteiger partial charge in [0, 0.05) is 23.3 Å². The molecule has 0 atom stereocenters. The first-order chi connectivity index (χ1) is 13.5. The van der Waals surface area contributed by atoms with Crippen LogP contribution in [0.5, 0.6) is 0 Å². The Morgan fingerprint density at radius 3 is 2.39 bits per heavy atom. The van der Waals surface area contributed by atoms with Gasteiger partial charge in [-0.25, -0.2) is 0 Å². The molecule has 0 aliphatic heterocycles. The lowest BCUT2D eigenvalue weighted by Crippen LogP contribution is -2.13. The number of nitro benzene ring substituents is 1. The molecule has 0 unspecified atom stereocenters. The Labute approximate surface area is 164 Å². The molecule has 0 spiro atoms. The number of amides is 1. The number of carbonyl (C=O) groups is 2. The molecule has 2 aromatic carbocycles. The number of rotatable bonds is 7. The molecule has 1 N–H and O–H groups in total. The van der Waals surface area contributed by atoms with Crippen LogP contribution in [-0.4, -0.2) is 32.6 Å². The molecule has 1 amide bonds. The average Bonchev–Trinajstić information content (AvgIpc) is 2.73. The van der Waals surface area contributed by atoms with Gasteiger partial charge in [0.1, 0.15) is 5.03 Å². The van der Waals surface area contributed by atoms with E-state index >= 15 is 0 Å². The molecule has 0 bridgehead atoms. The van der Waals surface area contributed by atoms with Gasteiger partial charge in [-0.2, -0.15) is 0 Å². The summed E-state index contributed by atoms with van der Waals surface area (Å²) in [7, 11) is 0. The van der Waals surface area contributed by atoms with Crippen LogP contribution in [0.1, 0.15) is 20.7 Å². The first kappa shape index (κ1) is 19.2. The predicted molar refractivity (Wildman–Crippen MR) is 105 cm³/mol. The minimum absolute atomic E-state index is 0.0611. The molecular weight excluding hydrogens is 380 g/mol. The lowest BCUT2D eigenvalue weighted by Gasteiger charge is -2.05. The summed E-state index contributed by atoms with van der Waals surface area (Å²) in [5.74, 6) is -0.192. The largest absolute Gasteiger partial charge is 0.305 e. The number of anilines is 1. The maximum atomic E-state index is 12.2. The normalized spacial score (nSPS) is 10.3. The van der Waals surface area contributed by atoms with Gasteiger partial charge in [-0.1, -0.05) is 42.1 Å². The molecule has 28 heavy (non-hydrogen) atoms. The molecule has 1 aromatic heterocycles. The summed E-state index contributed by atoms with van der Waals surface area (Å²) in [6.45, 7) is 0. The highest BCUT2D eigenvalue weighted by molar-refractivity contribution is 7.99. The van der Waals surface area contributed by atoms with Gasteiger partial charge >= 0.3 is 0 Å². The Bertz CT molecular complexity index is 1010. The van der Waals surface area contributed by atoms with Gasteiger partial charge in [0.15, 0.2) is 11.6 Å². The smallest absolute Gasteiger partial charge is 0.270 e. The predicted octanol–water partition coefficient (Wildman–Crippen LogP) is 3.61. The quantitative estimate of drug-likeness (QED) is 0.282. The summed E-state index contributed by atoms with van der Waals surface area (Å²) in [6, 6.07) is 17.5. The molecule has 140 valence electrons. The van der Waals surface area contributed by atoms with Crippen LogP contribution in [0.3, 0.4) is 0 Å². The molecule has 0 saturated carbocycles. The number of nitrogens with one attached hydrogen (secondary N) is 1. The Balaban J connectivity index is 1.57. The summed E-state index contributed by atoms with van der Waals surface area (Å²) in [6.07, 6.45) is 0. The summed E-state index contributed by atoms with van der Waals surface area (Å²) in [5, 5.41) is 21.8. The fourth-order valence-corrected chi connectivity index (χ4v) is 2.97. The van der Waals surface area contributed by atoms with Crippen molar-refractivity contribution >= 4 is 35.0 Å². The SMILES string of the molecule is O=C(CSc1ccc(NC(=O)c2ccccc2)nn1)c1cccc([N+](=O)[O-])c1. The highest BCUT2D eigenvalue weighted by Gasteiger charge is 2.13. The van der Waals surface area contributed by atoms with E-state index in [0.29, 0.717) is 16.4 Å². The monoisotopic (exact) mass is 394 g/mol. The second-order valence-electron chi connectivity index (χ2n) is 5.60. The maximum Gasteiger partial charge on any atom is 0.270 e. The van der Waals surface area contributed by atoms with Gasteiger partial charge in [-0.3, -0.25) is 19.7 Å². The molecule has 0 saturated heterocycles. The Morgan fingerprint density at radius 2 is 1.71 bits per heavy atom. The lowest BCUT2D eigenvalue weighted by atomic mass is 10.1. The van der Waals surface area contributed by atoms with E-state index < -0.39 is 4.92 Å². The molecule has 0 fully saturated rings. The van der Waals surface area contributed by atoms with Crippen molar-refractivity contribution in [2.45, 2.75) is 5.03 Å². The van der Waals surface area contributed by atoms with E-state index in [-0.39, 0.29) is 28.7 Å². The first-order valence-electron chi connectivity index (χ1n) is 8.13. The van der Waals surface area contributed by atoms with Gasteiger partial charge in [0.05, 0.1) is 10.7 Å². The topological polar surface area (TPSA) is 115 Å². The molecule has 8 nitrogen and oxygen atoms in total. The number of aromatic nitrogens is 2. The van der Waals surface area contributed by atoms with Crippen molar-refractivity contribution in [3.05, 3.63) is 88.0 Å². The van der Waals surface area contributed by atoms with E-state index in [0.717, 1.165) is 11.8 Å². The fraction of sp³-hybridized carbons (Fsp3) is 0.0526. The third-order valence-electron chi connectivity index (χ3n) is 3.65. The number of hydrogen-bond acceptors (Lipinski definition) is 7. The number of carbonyl (C=O) groups excluding carboxylic acids is 2. The highest BCUT2D eigenvalue weighted by Crippen LogP contribution is 2.19. The van der Waals surface area contributed by atoms with Crippen molar-refractivity contribution in [1.29, 1.82) is 0 Å². The lowest BCUT2D eigenvalue weighted by molar-refractivity contribution is -0.384. The standard InChI is InChI=1S/C19H14N4O4S/c24-16(14-7-4-8-15(11-14)23(26)27)12-28-18-10-9-17(21-22-18)20-19(25)13-5-2-1-3-6-13/h1-11H,12H2,(H,20,21,25). The molecule has 0 aliphatic carbocycles. The Morgan fingerprint density at radius 1 is 0.964 bits per heavy atom. The third-order valence-corrected chi connectivity index (χ3v) is 4.57. The molecule has 1 heterocycles. The molecular formula is C19H14N4O4S. The zero-order valence-electron chi connectivity index (χ0n) is 14.4. The molecule has 0 aliphatic rings. The van der Waals surface area contributed by atoms with Crippen molar-refractivity contribution in [3.8, 4) is 0 Å². The first-order valence-corrected chi connectivity index (χ1v) is 9.12. The summed E-state index contributed by atoms with van der Waals surface area (Å²) < 4.78 is 0. The molecule has 3 rings (SSSR count). The zero-order chi connectivity index (χ0) is 19.9. The van der Waals surface area contributed by atoms with Crippen LogP contribution in [0.4, 0.5) is 11.5 Å². The summed E-state index contributed by atoms with van der Waals surface area (Å²) in [5.41, 5.74) is 0.640. The van der Waals surface area contributed by atoms with Crippen LogP contribution in [0.2, 0.25) is 0 Å². The number of non-ortho nitro benzene ring substituents is 1. The number of hydrogen-bond donors (Lipinski definition) is 1. The van der Waals surface area contributed by atoms with Crippen LogP contribution < -0.4 is 5.32 Å². The second-order valence-corrected chi connectivity index (χ2v) is 6.59.